The van der Waals surface area contributed by atoms with Crippen molar-refractivity contribution in [3.63, 3.8) is 0 Å². The van der Waals surface area contributed by atoms with E-state index in [9.17, 15) is 8.78 Å². The highest BCUT2D eigenvalue weighted by molar-refractivity contribution is 7.98. The molecule has 1 aromatic carbocycles. The molecule has 148 valence electrons. The summed E-state index contributed by atoms with van der Waals surface area (Å²) in [6.45, 7) is 0. The summed E-state index contributed by atoms with van der Waals surface area (Å²) >= 11 is 1.82. The minimum atomic E-state index is -2.34. The molecule has 0 aliphatic rings. The monoisotopic (exact) mass is 403 g/mol. The summed E-state index contributed by atoms with van der Waals surface area (Å²) in [6, 6.07) is 13.8. The van der Waals surface area contributed by atoms with Crippen LogP contribution in [0.1, 0.15) is 17.7 Å². The average molecular weight is 403 g/mol. The Kier molecular flexibility index (Phi) is 7.03. The van der Waals surface area contributed by atoms with Crippen LogP contribution in [0.2, 0.25) is 0 Å². The molecule has 0 saturated heterocycles. The van der Waals surface area contributed by atoms with E-state index in [2.05, 4.69) is 40.6 Å². The first-order valence-corrected chi connectivity index (χ1v) is 10.5. The van der Waals surface area contributed by atoms with Crippen molar-refractivity contribution in [2.24, 2.45) is 0 Å². The van der Waals surface area contributed by atoms with Crippen LogP contribution in [0.3, 0.4) is 0 Å². The van der Waals surface area contributed by atoms with Gasteiger partial charge in [0.25, 0.3) is 0 Å². The van der Waals surface area contributed by atoms with Gasteiger partial charge in [0.2, 0.25) is 12.3 Å². The van der Waals surface area contributed by atoms with Crippen LogP contribution in [-0.4, -0.2) is 40.3 Å². The lowest BCUT2D eigenvalue weighted by Gasteiger charge is -2.09. The van der Waals surface area contributed by atoms with E-state index in [0.29, 0.717) is 11.6 Å². The molecule has 0 aliphatic carbocycles. The van der Waals surface area contributed by atoms with Gasteiger partial charge >= 0.3 is 0 Å². The first-order valence-electron chi connectivity index (χ1n) is 9.06. The molecule has 0 bridgehead atoms. The summed E-state index contributed by atoms with van der Waals surface area (Å²) in [5, 5.41) is 4.56. The third kappa shape index (κ3) is 5.10. The van der Waals surface area contributed by atoms with Gasteiger partial charge in [-0.2, -0.15) is 16.9 Å². The average Bonchev–Trinajstić information content (AvgIpc) is 3.15. The van der Waals surface area contributed by atoms with Crippen molar-refractivity contribution in [1.29, 1.82) is 0 Å². The first-order chi connectivity index (χ1) is 13.6. The number of methoxy groups -OCH3 is 1. The van der Waals surface area contributed by atoms with Crippen LogP contribution in [0, 0.1) is 0 Å². The van der Waals surface area contributed by atoms with Crippen molar-refractivity contribution in [2.75, 3.05) is 19.1 Å². The van der Waals surface area contributed by atoms with Gasteiger partial charge in [-0.3, -0.25) is 0 Å². The highest BCUT2D eigenvalue weighted by atomic mass is 32.2. The second-order valence-electron chi connectivity index (χ2n) is 6.36. The van der Waals surface area contributed by atoms with E-state index in [4.69, 9.17) is 4.74 Å². The van der Waals surface area contributed by atoms with Crippen LogP contribution >= 0.6 is 11.8 Å². The summed E-state index contributed by atoms with van der Waals surface area (Å²) in [4.78, 5) is 4.23. The van der Waals surface area contributed by atoms with Crippen LogP contribution in [0.4, 0.5) is 8.78 Å². The predicted octanol–water partition coefficient (Wildman–Crippen LogP) is 5.05. The highest BCUT2D eigenvalue weighted by Crippen LogP contribution is 2.26. The second kappa shape index (κ2) is 9.68. The zero-order valence-corrected chi connectivity index (χ0v) is 16.8. The van der Waals surface area contributed by atoms with Crippen molar-refractivity contribution < 1.29 is 13.5 Å². The molecule has 3 aromatic rings. The molecular weight excluding hydrogens is 380 g/mol. The van der Waals surface area contributed by atoms with Gasteiger partial charge < -0.3 is 4.74 Å². The van der Waals surface area contributed by atoms with E-state index in [1.165, 1.54) is 5.56 Å². The van der Waals surface area contributed by atoms with Gasteiger partial charge in [0.15, 0.2) is 0 Å². The van der Waals surface area contributed by atoms with Crippen molar-refractivity contribution in [3.8, 4) is 22.8 Å². The normalized spacial score (nSPS) is 11.2. The Hall–Kier alpha value is -2.41. The molecule has 0 amide bonds. The largest absolute Gasteiger partial charge is 0.481 e. The number of alkyl halides is 2. The number of aromatic nitrogens is 3. The molecule has 0 atom stereocenters. The van der Waals surface area contributed by atoms with Crippen LogP contribution in [0.25, 0.3) is 16.9 Å². The fourth-order valence-electron chi connectivity index (χ4n) is 2.89. The summed E-state index contributed by atoms with van der Waals surface area (Å²) < 4.78 is 32.1. The number of rotatable bonds is 9. The standard InChI is InChI=1S/C21H23F2N3OS/c1-27-21-10-8-18(14-24-21)26-19(13-17(25-26)7-9-20(22)23)16-5-3-15(4-6-16)11-12-28-2/h3-6,8,10,13-14,20H,7,9,11-12H2,1-2H3. The number of hydrogen-bond donors (Lipinski definition) is 0. The van der Waals surface area contributed by atoms with Crippen LogP contribution < -0.4 is 4.74 Å². The number of nitrogens with zero attached hydrogens (tertiary/aromatic N) is 3. The molecule has 0 spiro atoms. The molecule has 7 heteroatoms. The zero-order chi connectivity index (χ0) is 19.9. The Bertz CT molecular complexity index is 880. The second-order valence-corrected chi connectivity index (χ2v) is 7.35. The third-order valence-corrected chi connectivity index (χ3v) is 5.01. The van der Waals surface area contributed by atoms with Gasteiger partial charge in [0.05, 0.1) is 30.4 Å². The summed E-state index contributed by atoms with van der Waals surface area (Å²) in [7, 11) is 1.56. The Morgan fingerprint density at radius 2 is 1.89 bits per heavy atom. The molecule has 0 radical (unpaired) electrons. The van der Waals surface area contributed by atoms with Crippen molar-refractivity contribution >= 4 is 11.8 Å². The number of ether oxygens (including phenoxy) is 1. The number of hydrogen-bond acceptors (Lipinski definition) is 4. The lowest BCUT2D eigenvalue weighted by molar-refractivity contribution is 0.137. The maximum Gasteiger partial charge on any atom is 0.239 e. The molecule has 3 rings (SSSR count). The molecule has 0 unspecified atom stereocenters. The number of halogens is 2. The Balaban J connectivity index is 1.94. The smallest absolute Gasteiger partial charge is 0.239 e. The van der Waals surface area contributed by atoms with E-state index in [1.807, 2.05) is 23.9 Å². The number of pyridine rings is 1. The van der Waals surface area contributed by atoms with Crippen molar-refractivity contribution in [3.05, 3.63) is 59.9 Å². The fraction of sp³-hybridized carbons (Fsp3) is 0.333. The number of aryl methyl sites for hydroxylation is 2. The minimum absolute atomic E-state index is 0.203. The topological polar surface area (TPSA) is 39.9 Å². The van der Waals surface area contributed by atoms with E-state index in [0.717, 1.165) is 29.1 Å². The predicted molar refractivity (Wildman–Crippen MR) is 110 cm³/mol. The lowest BCUT2D eigenvalue weighted by atomic mass is 10.1. The Morgan fingerprint density at radius 3 is 2.50 bits per heavy atom. The minimum Gasteiger partial charge on any atom is -0.481 e. The molecular formula is C21H23F2N3OS. The zero-order valence-electron chi connectivity index (χ0n) is 15.9. The maximum atomic E-state index is 12.6. The molecule has 0 saturated carbocycles. The van der Waals surface area contributed by atoms with Gasteiger partial charge in [0, 0.05) is 18.1 Å². The van der Waals surface area contributed by atoms with Crippen molar-refractivity contribution in [2.45, 2.75) is 25.7 Å². The quantitative estimate of drug-likeness (QED) is 0.501. The lowest BCUT2D eigenvalue weighted by Crippen LogP contribution is -2.02. The summed E-state index contributed by atoms with van der Waals surface area (Å²) in [5.41, 5.74) is 4.50. The van der Waals surface area contributed by atoms with Gasteiger partial charge in [-0.15, -0.1) is 0 Å². The van der Waals surface area contributed by atoms with E-state index >= 15 is 0 Å². The molecule has 0 fully saturated rings. The van der Waals surface area contributed by atoms with E-state index in [1.54, 1.807) is 24.1 Å². The number of thioether (sulfide) groups is 1. The summed E-state index contributed by atoms with van der Waals surface area (Å²) in [6.07, 6.45) is 2.46. The Morgan fingerprint density at radius 1 is 1.11 bits per heavy atom. The fourth-order valence-corrected chi connectivity index (χ4v) is 3.33. The van der Waals surface area contributed by atoms with Gasteiger partial charge in [0.1, 0.15) is 0 Å². The molecule has 0 aliphatic heterocycles. The maximum absolute atomic E-state index is 12.6. The van der Waals surface area contributed by atoms with E-state index < -0.39 is 6.43 Å². The molecule has 28 heavy (non-hydrogen) atoms. The third-order valence-electron chi connectivity index (χ3n) is 4.40. The van der Waals surface area contributed by atoms with Crippen LogP contribution in [0.5, 0.6) is 5.88 Å². The van der Waals surface area contributed by atoms with Gasteiger partial charge in [-0.1, -0.05) is 24.3 Å². The molecule has 4 nitrogen and oxygen atoms in total. The number of benzene rings is 1. The Labute approximate surface area is 167 Å². The van der Waals surface area contributed by atoms with E-state index in [-0.39, 0.29) is 12.8 Å². The SMILES string of the molecule is COc1ccc(-n2nc(CCC(F)F)cc2-c2ccc(CCSC)cc2)cn1. The van der Waals surface area contributed by atoms with Crippen LogP contribution in [0.15, 0.2) is 48.7 Å². The highest BCUT2D eigenvalue weighted by Gasteiger charge is 2.14. The van der Waals surface area contributed by atoms with Crippen molar-refractivity contribution in [1.82, 2.24) is 14.8 Å². The van der Waals surface area contributed by atoms with Gasteiger partial charge in [-0.05, 0) is 42.5 Å². The molecule has 2 aromatic heterocycles. The van der Waals surface area contributed by atoms with Crippen LogP contribution in [-0.2, 0) is 12.8 Å². The van der Waals surface area contributed by atoms with Gasteiger partial charge in [-0.25, -0.2) is 18.4 Å². The summed E-state index contributed by atoms with van der Waals surface area (Å²) in [5.74, 6) is 1.58. The molecule has 0 N–H and O–H groups in total. The first kappa shape index (κ1) is 20.3. The molecule has 2 heterocycles.